The van der Waals surface area contributed by atoms with Crippen molar-refractivity contribution in [3.8, 4) is 0 Å². The summed E-state index contributed by atoms with van der Waals surface area (Å²) >= 11 is 0. The number of aromatic amines is 1. The van der Waals surface area contributed by atoms with Gasteiger partial charge in [0.15, 0.2) is 5.65 Å². The normalized spacial score (nSPS) is 11.3. The lowest BCUT2D eigenvalue weighted by Crippen LogP contribution is -2.31. The molecule has 0 spiro atoms. The molecular formula is C19H22FN5O2. The van der Waals surface area contributed by atoms with Crippen LogP contribution in [0.4, 0.5) is 4.39 Å². The number of halogens is 1. The van der Waals surface area contributed by atoms with E-state index >= 15 is 0 Å². The van der Waals surface area contributed by atoms with Crippen LogP contribution in [0, 0.1) is 12.7 Å². The van der Waals surface area contributed by atoms with E-state index in [0.29, 0.717) is 35.5 Å². The highest BCUT2D eigenvalue weighted by molar-refractivity contribution is 5.99. The molecule has 7 nitrogen and oxygen atoms in total. The standard InChI is InChI=1S/C19H22FN5O2/c1-12-14(10-13-6-4-5-7-16(13)20)19(27)25-17(23-12)15(11-22-25)18(26)21-8-9-24(2)3/h4-7,11,22H,8-10H2,1-3H3,(H,21,26). The molecule has 0 atom stereocenters. The topological polar surface area (TPSA) is 82.5 Å². The van der Waals surface area contributed by atoms with Gasteiger partial charge in [-0.2, -0.15) is 0 Å². The smallest absolute Gasteiger partial charge is 0.276 e. The number of H-pyrrole nitrogens is 1. The number of aromatic nitrogens is 3. The first kappa shape index (κ1) is 18.8. The van der Waals surface area contributed by atoms with Crippen molar-refractivity contribution in [2.45, 2.75) is 13.3 Å². The third-order valence-corrected chi connectivity index (χ3v) is 4.38. The Morgan fingerprint density at radius 1 is 1.33 bits per heavy atom. The molecule has 0 aliphatic carbocycles. The first-order valence-electron chi connectivity index (χ1n) is 8.64. The minimum absolute atomic E-state index is 0.136. The van der Waals surface area contributed by atoms with Gasteiger partial charge in [-0.05, 0) is 32.6 Å². The van der Waals surface area contributed by atoms with Crippen LogP contribution in [0.5, 0.6) is 0 Å². The average Bonchev–Trinajstić information content (AvgIpc) is 3.03. The second-order valence-corrected chi connectivity index (χ2v) is 6.65. The van der Waals surface area contributed by atoms with Crippen LogP contribution in [0.1, 0.15) is 27.2 Å². The molecular weight excluding hydrogens is 349 g/mol. The summed E-state index contributed by atoms with van der Waals surface area (Å²) in [5, 5.41) is 5.59. The number of nitrogens with zero attached hydrogens (tertiary/aromatic N) is 3. The summed E-state index contributed by atoms with van der Waals surface area (Å²) in [4.78, 5) is 31.6. The highest BCUT2D eigenvalue weighted by atomic mass is 19.1. The van der Waals surface area contributed by atoms with Gasteiger partial charge in [0.1, 0.15) is 11.4 Å². The van der Waals surface area contributed by atoms with Gasteiger partial charge in [0, 0.05) is 37.0 Å². The molecule has 8 heteroatoms. The predicted octanol–water partition coefficient (Wildman–Crippen LogP) is 1.35. The summed E-state index contributed by atoms with van der Waals surface area (Å²) in [7, 11) is 3.83. The van der Waals surface area contributed by atoms with Crippen molar-refractivity contribution < 1.29 is 9.18 Å². The van der Waals surface area contributed by atoms with Crippen molar-refractivity contribution in [3.63, 3.8) is 0 Å². The Hall–Kier alpha value is -3.00. The average molecular weight is 371 g/mol. The molecule has 0 bridgehead atoms. The zero-order valence-corrected chi connectivity index (χ0v) is 15.5. The van der Waals surface area contributed by atoms with Crippen LogP contribution in [-0.4, -0.2) is 52.6 Å². The van der Waals surface area contributed by atoms with Gasteiger partial charge in [-0.25, -0.2) is 13.9 Å². The Morgan fingerprint density at radius 2 is 2.07 bits per heavy atom. The minimum atomic E-state index is -0.367. The van der Waals surface area contributed by atoms with Gasteiger partial charge < -0.3 is 10.2 Å². The number of hydrogen-bond donors (Lipinski definition) is 2. The molecule has 0 radical (unpaired) electrons. The number of carbonyl (C=O) groups excluding carboxylic acids is 1. The summed E-state index contributed by atoms with van der Waals surface area (Å²) in [6, 6.07) is 6.33. The van der Waals surface area contributed by atoms with Crippen molar-refractivity contribution in [1.29, 1.82) is 0 Å². The van der Waals surface area contributed by atoms with E-state index in [-0.39, 0.29) is 29.4 Å². The molecule has 3 rings (SSSR count). The second kappa shape index (κ2) is 7.71. The van der Waals surface area contributed by atoms with Crippen LogP contribution >= 0.6 is 0 Å². The number of aryl methyl sites for hydroxylation is 1. The number of fused-ring (bicyclic) bond motifs is 1. The number of carbonyl (C=O) groups is 1. The zero-order valence-electron chi connectivity index (χ0n) is 15.5. The van der Waals surface area contributed by atoms with Crippen molar-refractivity contribution >= 4 is 11.6 Å². The largest absolute Gasteiger partial charge is 0.351 e. The molecule has 3 aromatic rings. The summed E-state index contributed by atoms with van der Waals surface area (Å²) in [6.07, 6.45) is 1.59. The first-order valence-corrected chi connectivity index (χ1v) is 8.64. The molecule has 27 heavy (non-hydrogen) atoms. The molecule has 2 N–H and O–H groups in total. The van der Waals surface area contributed by atoms with Crippen molar-refractivity contribution in [2.24, 2.45) is 0 Å². The van der Waals surface area contributed by atoms with E-state index in [1.165, 1.54) is 16.8 Å². The summed E-state index contributed by atoms with van der Waals surface area (Å²) in [6.45, 7) is 2.88. The Bertz CT molecular complexity index is 1040. The lowest BCUT2D eigenvalue weighted by atomic mass is 10.0. The number of hydrogen-bond acceptors (Lipinski definition) is 4. The van der Waals surface area contributed by atoms with Crippen LogP contribution in [0.15, 0.2) is 35.3 Å². The number of likely N-dealkylation sites (N-methyl/N-ethyl adjacent to an activating group) is 1. The molecule has 0 saturated heterocycles. The van der Waals surface area contributed by atoms with Gasteiger partial charge in [-0.3, -0.25) is 14.7 Å². The highest BCUT2D eigenvalue weighted by Crippen LogP contribution is 2.15. The molecule has 142 valence electrons. The maximum atomic E-state index is 13.9. The van der Waals surface area contributed by atoms with E-state index in [1.54, 1.807) is 25.1 Å². The van der Waals surface area contributed by atoms with E-state index in [2.05, 4.69) is 15.4 Å². The Balaban J connectivity index is 1.94. The van der Waals surface area contributed by atoms with E-state index in [9.17, 15) is 14.0 Å². The van der Waals surface area contributed by atoms with E-state index < -0.39 is 0 Å². The molecule has 0 saturated carbocycles. The van der Waals surface area contributed by atoms with Crippen LogP contribution in [-0.2, 0) is 6.42 Å². The fourth-order valence-electron chi connectivity index (χ4n) is 2.85. The lowest BCUT2D eigenvalue weighted by Gasteiger charge is -2.10. The van der Waals surface area contributed by atoms with Gasteiger partial charge >= 0.3 is 0 Å². The second-order valence-electron chi connectivity index (χ2n) is 6.65. The van der Waals surface area contributed by atoms with Crippen LogP contribution in [0.2, 0.25) is 0 Å². The van der Waals surface area contributed by atoms with E-state index in [1.807, 2.05) is 19.0 Å². The lowest BCUT2D eigenvalue weighted by molar-refractivity contribution is 0.0952. The van der Waals surface area contributed by atoms with Crippen molar-refractivity contribution in [3.05, 3.63) is 69.0 Å². The third kappa shape index (κ3) is 3.90. The minimum Gasteiger partial charge on any atom is -0.351 e. The van der Waals surface area contributed by atoms with Crippen LogP contribution in [0.25, 0.3) is 5.65 Å². The van der Waals surface area contributed by atoms with Gasteiger partial charge in [0.25, 0.3) is 11.5 Å². The predicted molar refractivity (Wildman–Crippen MR) is 101 cm³/mol. The number of amides is 1. The SMILES string of the molecule is Cc1nc2c(C(=O)NCCN(C)C)c[nH]n2c(=O)c1Cc1ccccc1F. The third-order valence-electron chi connectivity index (χ3n) is 4.38. The number of rotatable bonds is 6. The Morgan fingerprint density at radius 3 is 2.78 bits per heavy atom. The van der Waals surface area contributed by atoms with E-state index in [4.69, 9.17) is 0 Å². The zero-order chi connectivity index (χ0) is 19.6. The molecule has 1 amide bonds. The number of nitrogens with one attached hydrogen (secondary N) is 2. The van der Waals surface area contributed by atoms with E-state index in [0.717, 1.165) is 0 Å². The summed E-state index contributed by atoms with van der Waals surface area (Å²) in [5.41, 5.74) is 1.51. The maximum Gasteiger partial charge on any atom is 0.276 e. The van der Waals surface area contributed by atoms with Gasteiger partial charge in [-0.15, -0.1) is 0 Å². The monoisotopic (exact) mass is 371 g/mol. The molecule has 0 aliphatic heterocycles. The molecule has 0 unspecified atom stereocenters. The van der Waals surface area contributed by atoms with Crippen LogP contribution in [0.3, 0.4) is 0 Å². The highest BCUT2D eigenvalue weighted by Gasteiger charge is 2.18. The first-order chi connectivity index (χ1) is 12.9. The fraction of sp³-hybridized carbons (Fsp3) is 0.316. The molecule has 2 heterocycles. The van der Waals surface area contributed by atoms with Crippen molar-refractivity contribution in [2.75, 3.05) is 27.2 Å². The maximum absolute atomic E-state index is 13.9. The molecule has 2 aromatic heterocycles. The van der Waals surface area contributed by atoms with Gasteiger partial charge in [0.05, 0.1) is 0 Å². The molecule has 0 fully saturated rings. The quantitative estimate of drug-likeness (QED) is 0.685. The molecule has 1 aromatic carbocycles. The molecule has 0 aliphatic rings. The van der Waals surface area contributed by atoms with Crippen molar-refractivity contribution in [1.82, 2.24) is 24.8 Å². The number of benzene rings is 1. The fourth-order valence-corrected chi connectivity index (χ4v) is 2.85. The summed E-state index contributed by atoms with van der Waals surface area (Å²) < 4.78 is 15.2. The Kier molecular flexibility index (Phi) is 5.36. The van der Waals surface area contributed by atoms with Crippen LogP contribution < -0.4 is 10.9 Å². The Labute approximate surface area is 155 Å². The van der Waals surface area contributed by atoms with Gasteiger partial charge in [0.2, 0.25) is 0 Å². The van der Waals surface area contributed by atoms with Gasteiger partial charge in [-0.1, -0.05) is 18.2 Å². The summed E-state index contributed by atoms with van der Waals surface area (Å²) in [5.74, 6) is -0.669.